The van der Waals surface area contributed by atoms with Gasteiger partial charge in [0.15, 0.2) is 0 Å². The maximum Gasteiger partial charge on any atom is 0.223 e. The Kier molecular flexibility index (Phi) is 6.51. The van der Waals surface area contributed by atoms with E-state index in [1.807, 2.05) is 4.90 Å². The average Bonchev–Trinajstić information content (AvgIpc) is 2.61. The second-order valence-corrected chi connectivity index (χ2v) is 6.94. The summed E-state index contributed by atoms with van der Waals surface area (Å²) in [5.74, 6) is 0.0552. The van der Waals surface area contributed by atoms with Gasteiger partial charge in [-0.1, -0.05) is 18.9 Å². The highest BCUT2D eigenvalue weighted by atomic mass is 32.2. The van der Waals surface area contributed by atoms with E-state index in [2.05, 4.69) is 6.58 Å². The second kappa shape index (κ2) is 7.65. The molecule has 0 spiro atoms. The molecule has 1 rings (SSSR count). The summed E-state index contributed by atoms with van der Waals surface area (Å²) in [7, 11) is -3.27. The molecule has 1 aliphatic heterocycles. The van der Waals surface area contributed by atoms with Crippen LogP contribution in [0.1, 0.15) is 32.1 Å². The fraction of sp³-hybridized carbons (Fsp3) is 0.769. The number of likely N-dealkylation sites (tertiary alicyclic amines) is 1. The molecule has 1 amide bonds. The summed E-state index contributed by atoms with van der Waals surface area (Å²) in [5, 5.41) is 0. The largest absolute Gasteiger partial charge is 0.343 e. The number of rotatable bonds is 6. The summed E-state index contributed by atoms with van der Waals surface area (Å²) in [4.78, 5) is 13.9. The van der Waals surface area contributed by atoms with Crippen LogP contribution in [0.5, 0.6) is 0 Å². The number of carbonyl (C=O) groups excluding carboxylic acids is 1. The van der Waals surface area contributed by atoms with Crippen molar-refractivity contribution in [1.82, 2.24) is 9.21 Å². The molecule has 1 saturated heterocycles. The monoisotopic (exact) mass is 288 g/mol. The zero-order valence-corrected chi connectivity index (χ0v) is 12.5. The van der Waals surface area contributed by atoms with Gasteiger partial charge in [-0.15, -0.1) is 6.58 Å². The molecule has 0 unspecified atom stereocenters. The lowest BCUT2D eigenvalue weighted by Crippen LogP contribution is -2.37. The van der Waals surface area contributed by atoms with Crippen molar-refractivity contribution < 1.29 is 13.2 Å². The molecule has 0 aliphatic carbocycles. The second-order valence-electron chi connectivity index (χ2n) is 4.95. The topological polar surface area (TPSA) is 57.7 Å². The average molecular weight is 288 g/mol. The summed E-state index contributed by atoms with van der Waals surface area (Å²) in [6, 6.07) is 0. The molecule has 0 radical (unpaired) electrons. The number of carbonyl (C=O) groups is 1. The van der Waals surface area contributed by atoms with Gasteiger partial charge >= 0.3 is 0 Å². The standard InChI is InChI=1S/C13H24N2O3S/c1-3-9-15(19(2,17)18)12-8-13(16)14-10-6-4-5-7-11-14/h3H,1,4-12H2,2H3. The van der Waals surface area contributed by atoms with Gasteiger partial charge in [0.2, 0.25) is 15.9 Å². The molecule has 0 bridgehead atoms. The van der Waals surface area contributed by atoms with Crippen LogP contribution >= 0.6 is 0 Å². The minimum atomic E-state index is -3.27. The summed E-state index contributed by atoms with van der Waals surface area (Å²) in [6.45, 7) is 5.64. The molecule has 1 fully saturated rings. The lowest BCUT2D eigenvalue weighted by molar-refractivity contribution is -0.131. The molecule has 0 saturated carbocycles. The molecular weight excluding hydrogens is 264 g/mol. The highest BCUT2D eigenvalue weighted by Gasteiger charge is 2.19. The van der Waals surface area contributed by atoms with Crippen LogP contribution in [0.25, 0.3) is 0 Å². The van der Waals surface area contributed by atoms with E-state index in [9.17, 15) is 13.2 Å². The first-order valence-corrected chi connectivity index (χ1v) is 8.64. The van der Waals surface area contributed by atoms with Gasteiger partial charge in [-0.3, -0.25) is 4.79 Å². The fourth-order valence-corrected chi connectivity index (χ4v) is 3.03. The minimum Gasteiger partial charge on any atom is -0.343 e. The molecule has 1 heterocycles. The van der Waals surface area contributed by atoms with E-state index in [0.717, 1.165) is 32.2 Å². The van der Waals surface area contributed by atoms with Crippen LogP contribution in [0.4, 0.5) is 0 Å². The first-order chi connectivity index (χ1) is 8.95. The molecule has 0 aromatic heterocycles. The van der Waals surface area contributed by atoms with Crippen molar-refractivity contribution in [2.75, 3.05) is 32.4 Å². The Morgan fingerprint density at radius 3 is 2.32 bits per heavy atom. The number of nitrogens with zero attached hydrogens (tertiary/aromatic N) is 2. The van der Waals surface area contributed by atoms with E-state index >= 15 is 0 Å². The van der Waals surface area contributed by atoms with Crippen molar-refractivity contribution >= 4 is 15.9 Å². The number of hydrogen-bond acceptors (Lipinski definition) is 3. The third-order valence-electron chi connectivity index (χ3n) is 3.34. The van der Waals surface area contributed by atoms with Crippen molar-refractivity contribution in [2.24, 2.45) is 0 Å². The number of sulfonamides is 1. The Morgan fingerprint density at radius 2 is 1.84 bits per heavy atom. The quantitative estimate of drug-likeness (QED) is 0.691. The van der Waals surface area contributed by atoms with Crippen LogP contribution in [-0.2, 0) is 14.8 Å². The van der Waals surface area contributed by atoms with E-state index in [0.29, 0.717) is 0 Å². The zero-order chi connectivity index (χ0) is 14.3. The van der Waals surface area contributed by atoms with E-state index in [1.165, 1.54) is 23.2 Å². The predicted octanol–water partition coefficient (Wildman–Crippen LogP) is 1.23. The minimum absolute atomic E-state index is 0.0552. The first kappa shape index (κ1) is 16.2. The van der Waals surface area contributed by atoms with Gasteiger partial charge in [0, 0.05) is 32.6 Å². The SMILES string of the molecule is C=CCN(CCC(=O)N1CCCCCC1)S(C)(=O)=O. The van der Waals surface area contributed by atoms with E-state index < -0.39 is 10.0 Å². The molecule has 0 aromatic rings. The summed E-state index contributed by atoms with van der Waals surface area (Å²) in [6.07, 6.45) is 7.40. The summed E-state index contributed by atoms with van der Waals surface area (Å²) in [5.41, 5.74) is 0. The molecule has 6 heteroatoms. The predicted molar refractivity (Wildman–Crippen MR) is 76.3 cm³/mol. The van der Waals surface area contributed by atoms with Gasteiger partial charge < -0.3 is 4.90 Å². The fourth-order valence-electron chi connectivity index (χ4n) is 2.24. The highest BCUT2D eigenvalue weighted by molar-refractivity contribution is 7.88. The van der Waals surface area contributed by atoms with E-state index in [4.69, 9.17) is 0 Å². The molecule has 1 aliphatic rings. The first-order valence-electron chi connectivity index (χ1n) is 6.79. The van der Waals surface area contributed by atoms with Crippen molar-refractivity contribution in [3.8, 4) is 0 Å². The van der Waals surface area contributed by atoms with Crippen LogP contribution < -0.4 is 0 Å². The molecule has 0 atom stereocenters. The van der Waals surface area contributed by atoms with Crippen molar-refractivity contribution in [3.05, 3.63) is 12.7 Å². The highest BCUT2D eigenvalue weighted by Crippen LogP contribution is 2.11. The maximum atomic E-state index is 12.1. The molecule has 110 valence electrons. The Morgan fingerprint density at radius 1 is 1.26 bits per heavy atom. The Hall–Kier alpha value is -0.880. The van der Waals surface area contributed by atoms with Crippen molar-refractivity contribution in [1.29, 1.82) is 0 Å². The van der Waals surface area contributed by atoms with Gasteiger partial charge in [-0.05, 0) is 12.8 Å². The summed E-state index contributed by atoms with van der Waals surface area (Å²) >= 11 is 0. The molecule has 0 aromatic carbocycles. The number of hydrogen-bond donors (Lipinski definition) is 0. The van der Waals surface area contributed by atoms with E-state index in [-0.39, 0.29) is 25.4 Å². The normalized spacial score (nSPS) is 17.3. The molecule has 5 nitrogen and oxygen atoms in total. The van der Waals surface area contributed by atoms with Gasteiger partial charge in [-0.25, -0.2) is 8.42 Å². The third kappa shape index (κ3) is 5.74. The van der Waals surface area contributed by atoms with Gasteiger partial charge in [0.05, 0.1) is 6.26 Å². The third-order valence-corrected chi connectivity index (χ3v) is 4.61. The van der Waals surface area contributed by atoms with Gasteiger partial charge in [0.25, 0.3) is 0 Å². The van der Waals surface area contributed by atoms with Crippen LogP contribution in [0.3, 0.4) is 0 Å². The van der Waals surface area contributed by atoms with Crippen LogP contribution in [0, 0.1) is 0 Å². The Bertz CT molecular complexity index is 398. The number of amides is 1. The van der Waals surface area contributed by atoms with Crippen molar-refractivity contribution in [3.63, 3.8) is 0 Å². The lowest BCUT2D eigenvalue weighted by Gasteiger charge is -2.23. The maximum absolute atomic E-state index is 12.1. The lowest BCUT2D eigenvalue weighted by atomic mass is 10.2. The molecule has 19 heavy (non-hydrogen) atoms. The smallest absolute Gasteiger partial charge is 0.223 e. The molecular formula is C13H24N2O3S. The van der Waals surface area contributed by atoms with Gasteiger partial charge in [0.1, 0.15) is 0 Å². The molecule has 0 N–H and O–H groups in total. The van der Waals surface area contributed by atoms with E-state index in [1.54, 1.807) is 0 Å². The summed E-state index contributed by atoms with van der Waals surface area (Å²) < 4.78 is 24.3. The van der Waals surface area contributed by atoms with Crippen molar-refractivity contribution in [2.45, 2.75) is 32.1 Å². The van der Waals surface area contributed by atoms with Crippen LogP contribution in [0.2, 0.25) is 0 Å². The van der Waals surface area contributed by atoms with Crippen LogP contribution in [0.15, 0.2) is 12.7 Å². The van der Waals surface area contributed by atoms with Gasteiger partial charge in [-0.2, -0.15) is 4.31 Å². The van der Waals surface area contributed by atoms with Crippen LogP contribution in [-0.4, -0.2) is 56.0 Å². The Labute approximate surface area is 116 Å². The zero-order valence-electron chi connectivity index (χ0n) is 11.7. The Balaban J connectivity index is 2.48.